The van der Waals surface area contributed by atoms with Crippen molar-refractivity contribution in [3.05, 3.63) is 12.4 Å². The lowest BCUT2D eigenvalue weighted by molar-refractivity contribution is 0.0904. The van der Waals surface area contributed by atoms with Gasteiger partial charge in [0.2, 0.25) is 5.95 Å². The van der Waals surface area contributed by atoms with E-state index in [0.717, 1.165) is 31.9 Å². The van der Waals surface area contributed by atoms with Crippen LogP contribution in [0.3, 0.4) is 0 Å². The largest absolute Gasteiger partial charge is 0.381 e. The Morgan fingerprint density at radius 3 is 3.06 bits per heavy atom. The monoisotopic (exact) mass is 234 g/mol. The van der Waals surface area contributed by atoms with Gasteiger partial charge in [-0.2, -0.15) is 4.98 Å². The van der Waals surface area contributed by atoms with E-state index >= 15 is 0 Å². The van der Waals surface area contributed by atoms with Crippen molar-refractivity contribution in [2.24, 2.45) is 0 Å². The molecular weight excluding hydrogens is 220 g/mol. The van der Waals surface area contributed by atoms with Crippen molar-refractivity contribution in [1.29, 1.82) is 0 Å². The van der Waals surface area contributed by atoms with Crippen molar-refractivity contribution in [2.45, 2.75) is 18.9 Å². The third kappa shape index (κ3) is 2.01. The number of aromatic nitrogens is 4. The maximum absolute atomic E-state index is 5.57. The van der Waals surface area contributed by atoms with E-state index in [0.29, 0.717) is 11.7 Å². The van der Waals surface area contributed by atoms with Gasteiger partial charge in [0.05, 0.1) is 0 Å². The van der Waals surface area contributed by atoms with Gasteiger partial charge in [-0.25, -0.2) is 9.50 Å². The fraction of sp³-hybridized carbons (Fsp3) is 0.500. The molecule has 3 rings (SSSR count). The van der Waals surface area contributed by atoms with E-state index in [-0.39, 0.29) is 5.95 Å². The van der Waals surface area contributed by atoms with Crippen LogP contribution in [0.15, 0.2) is 12.4 Å². The van der Waals surface area contributed by atoms with Gasteiger partial charge in [0.15, 0.2) is 11.5 Å². The smallest absolute Gasteiger partial charge is 0.240 e. The van der Waals surface area contributed by atoms with E-state index in [1.807, 2.05) is 0 Å². The molecule has 0 bridgehead atoms. The zero-order valence-corrected chi connectivity index (χ0v) is 9.33. The van der Waals surface area contributed by atoms with E-state index in [9.17, 15) is 0 Å². The average molecular weight is 234 g/mol. The van der Waals surface area contributed by atoms with Crippen molar-refractivity contribution < 1.29 is 4.74 Å². The second-order valence-corrected chi connectivity index (χ2v) is 4.05. The number of rotatable bonds is 2. The quantitative estimate of drug-likeness (QED) is 0.776. The number of hydrogen-bond donors (Lipinski definition) is 2. The Bertz CT molecular complexity index is 518. The average Bonchev–Trinajstić information content (AvgIpc) is 2.72. The Balaban J connectivity index is 1.88. The van der Waals surface area contributed by atoms with Crippen molar-refractivity contribution >= 4 is 17.4 Å². The molecule has 0 aliphatic carbocycles. The lowest BCUT2D eigenvalue weighted by atomic mass is 10.1. The van der Waals surface area contributed by atoms with E-state index in [1.165, 1.54) is 0 Å². The van der Waals surface area contributed by atoms with E-state index in [2.05, 4.69) is 20.4 Å². The minimum Gasteiger partial charge on any atom is -0.381 e. The molecule has 0 unspecified atom stereocenters. The van der Waals surface area contributed by atoms with Crippen molar-refractivity contribution in [3.8, 4) is 0 Å². The molecule has 7 nitrogen and oxygen atoms in total. The van der Waals surface area contributed by atoms with Crippen LogP contribution in [-0.4, -0.2) is 38.8 Å². The van der Waals surface area contributed by atoms with Gasteiger partial charge in [0.25, 0.3) is 0 Å². The van der Waals surface area contributed by atoms with Gasteiger partial charge in [-0.1, -0.05) is 0 Å². The summed E-state index contributed by atoms with van der Waals surface area (Å²) in [4.78, 5) is 8.44. The molecule has 7 heteroatoms. The van der Waals surface area contributed by atoms with E-state index < -0.39 is 0 Å². The summed E-state index contributed by atoms with van der Waals surface area (Å²) in [6, 6.07) is 0.375. The standard InChI is InChI=1S/C10H14N6O/c11-10-14-9-8(12-3-4-16(9)15-10)13-7-1-5-17-6-2-7/h3-4,7H,1-2,5-6H2,(H2,11,15)(H,12,13). The summed E-state index contributed by atoms with van der Waals surface area (Å²) in [7, 11) is 0. The first-order valence-electron chi connectivity index (χ1n) is 5.64. The summed E-state index contributed by atoms with van der Waals surface area (Å²) in [5, 5.41) is 7.41. The van der Waals surface area contributed by atoms with Crippen LogP contribution in [-0.2, 0) is 4.74 Å². The SMILES string of the molecule is Nc1nc2c(NC3CCOCC3)nccn2n1. The van der Waals surface area contributed by atoms with Crippen molar-refractivity contribution in [2.75, 3.05) is 24.3 Å². The highest BCUT2D eigenvalue weighted by Gasteiger charge is 2.16. The van der Waals surface area contributed by atoms with Crippen LogP contribution in [0.25, 0.3) is 5.65 Å². The van der Waals surface area contributed by atoms with Gasteiger partial charge in [0, 0.05) is 31.6 Å². The minimum atomic E-state index is 0.257. The molecule has 1 fully saturated rings. The number of nitrogens with one attached hydrogen (secondary N) is 1. The van der Waals surface area contributed by atoms with Crippen molar-refractivity contribution in [1.82, 2.24) is 19.6 Å². The second kappa shape index (κ2) is 4.17. The molecule has 0 radical (unpaired) electrons. The topological polar surface area (TPSA) is 90.4 Å². The van der Waals surface area contributed by atoms with E-state index in [1.54, 1.807) is 16.9 Å². The molecule has 3 heterocycles. The van der Waals surface area contributed by atoms with Crippen LogP contribution in [0, 0.1) is 0 Å². The molecule has 1 aliphatic heterocycles. The number of fused-ring (bicyclic) bond motifs is 1. The minimum absolute atomic E-state index is 0.257. The molecule has 1 aliphatic rings. The molecule has 90 valence electrons. The first-order valence-corrected chi connectivity index (χ1v) is 5.64. The van der Waals surface area contributed by atoms with Crippen LogP contribution in [0.2, 0.25) is 0 Å². The Labute approximate surface area is 98.0 Å². The van der Waals surface area contributed by atoms with Gasteiger partial charge in [-0.15, -0.1) is 5.10 Å². The van der Waals surface area contributed by atoms with Crippen LogP contribution in [0.5, 0.6) is 0 Å². The first kappa shape index (κ1) is 10.3. The predicted octanol–water partition coefficient (Wildman–Crippen LogP) is 0.297. The highest BCUT2D eigenvalue weighted by molar-refractivity contribution is 5.63. The Hall–Kier alpha value is -1.89. The van der Waals surface area contributed by atoms with Gasteiger partial charge in [-0.3, -0.25) is 0 Å². The fourth-order valence-corrected chi connectivity index (χ4v) is 1.97. The summed E-state index contributed by atoms with van der Waals surface area (Å²) < 4.78 is 6.94. The maximum Gasteiger partial charge on any atom is 0.240 e. The van der Waals surface area contributed by atoms with Gasteiger partial charge < -0.3 is 15.8 Å². The molecular formula is C10H14N6O. The molecule has 0 saturated carbocycles. The summed E-state index contributed by atoms with van der Waals surface area (Å²) in [6.45, 7) is 1.57. The zero-order chi connectivity index (χ0) is 11.7. The van der Waals surface area contributed by atoms with E-state index in [4.69, 9.17) is 10.5 Å². The number of nitrogens with zero attached hydrogens (tertiary/aromatic N) is 4. The highest BCUT2D eigenvalue weighted by atomic mass is 16.5. The summed E-state index contributed by atoms with van der Waals surface area (Å²) in [5.74, 6) is 0.983. The molecule has 1 saturated heterocycles. The van der Waals surface area contributed by atoms with Crippen LogP contribution >= 0.6 is 0 Å². The van der Waals surface area contributed by atoms with Crippen LogP contribution in [0.4, 0.5) is 11.8 Å². The van der Waals surface area contributed by atoms with Crippen molar-refractivity contribution in [3.63, 3.8) is 0 Å². The maximum atomic E-state index is 5.57. The summed E-state index contributed by atoms with van der Waals surface area (Å²) in [6.07, 6.45) is 5.37. The number of ether oxygens (including phenoxy) is 1. The highest BCUT2D eigenvalue weighted by Crippen LogP contribution is 2.17. The fourth-order valence-electron chi connectivity index (χ4n) is 1.97. The lowest BCUT2D eigenvalue weighted by Gasteiger charge is -2.23. The Morgan fingerprint density at radius 1 is 1.41 bits per heavy atom. The number of hydrogen-bond acceptors (Lipinski definition) is 6. The number of anilines is 2. The van der Waals surface area contributed by atoms with Gasteiger partial charge in [0.1, 0.15) is 0 Å². The third-order valence-electron chi connectivity index (χ3n) is 2.83. The third-order valence-corrected chi connectivity index (χ3v) is 2.83. The lowest BCUT2D eigenvalue weighted by Crippen LogP contribution is -2.28. The zero-order valence-electron chi connectivity index (χ0n) is 9.33. The van der Waals surface area contributed by atoms with Crippen LogP contribution in [0.1, 0.15) is 12.8 Å². The predicted molar refractivity (Wildman–Crippen MR) is 62.7 cm³/mol. The van der Waals surface area contributed by atoms with Crippen LogP contribution < -0.4 is 11.1 Å². The summed E-state index contributed by atoms with van der Waals surface area (Å²) in [5.41, 5.74) is 6.24. The molecule has 2 aromatic heterocycles. The molecule has 2 aromatic rings. The Kier molecular flexibility index (Phi) is 2.52. The molecule has 17 heavy (non-hydrogen) atoms. The van der Waals surface area contributed by atoms with Gasteiger partial charge in [-0.05, 0) is 12.8 Å². The molecule has 0 aromatic carbocycles. The van der Waals surface area contributed by atoms with Gasteiger partial charge >= 0.3 is 0 Å². The summed E-state index contributed by atoms with van der Waals surface area (Å²) >= 11 is 0. The second-order valence-electron chi connectivity index (χ2n) is 4.05. The molecule has 0 spiro atoms. The molecule has 0 atom stereocenters. The first-order chi connectivity index (χ1) is 8.33. The number of nitrogen functional groups attached to an aromatic ring is 1. The normalized spacial score (nSPS) is 17.4. The Morgan fingerprint density at radius 2 is 2.24 bits per heavy atom. The number of nitrogens with two attached hydrogens (primary N) is 1. The molecule has 0 amide bonds. The molecule has 3 N–H and O–H groups in total.